The van der Waals surface area contributed by atoms with Gasteiger partial charge < -0.3 is 0 Å². The topological polar surface area (TPSA) is 79.2 Å². The molecule has 0 fully saturated rings. The highest BCUT2D eigenvalue weighted by Crippen LogP contribution is 2.21. The predicted octanol–water partition coefficient (Wildman–Crippen LogP) is 4.05. The fraction of sp³-hybridized carbons (Fsp3) is 0.0455. The lowest BCUT2D eigenvalue weighted by atomic mass is 10.1. The lowest BCUT2D eigenvalue weighted by molar-refractivity contribution is 0.0959. The van der Waals surface area contributed by atoms with Crippen LogP contribution in [-0.4, -0.2) is 21.4 Å². The Morgan fingerprint density at radius 2 is 1.69 bits per heavy atom. The number of thiophene rings is 1. The molecule has 2 N–H and O–H groups in total. The zero-order valence-corrected chi connectivity index (χ0v) is 16.4. The molecule has 0 aliphatic rings. The molecule has 0 unspecified atom stereocenters. The van der Waals surface area contributed by atoms with Crippen molar-refractivity contribution in [2.75, 3.05) is 0 Å². The number of carbonyl (C=O) groups is 1. The van der Waals surface area contributed by atoms with Crippen molar-refractivity contribution in [1.82, 2.24) is 15.2 Å². The molecule has 7 heteroatoms. The summed E-state index contributed by atoms with van der Waals surface area (Å²) < 4.78 is 1.48. The van der Waals surface area contributed by atoms with Gasteiger partial charge in [-0.25, -0.2) is 10.1 Å². The van der Waals surface area contributed by atoms with Gasteiger partial charge in [-0.1, -0.05) is 54.6 Å². The van der Waals surface area contributed by atoms with Crippen molar-refractivity contribution in [1.29, 1.82) is 0 Å². The number of hydrogen-bond donors (Lipinski definition) is 2. The number of rotatable bonds is 5. The lowest BCUT2D eigenvalue weighted by Gasteiger charge is -2.03. The first-order valence-corrected chi connectivity index (χ1v) is 9.87. The van der Waals surface area contributed by atoms with E-state index in [-0.39, 0.29) is 11.5 Å². The highest BCUT2D eigenvalue weighted by Gasteiger charge is 2.19. The van der Waals surface area contributed by atoms with Gasteiger partial charge in [-0.3, -0.25) is 14.7 Å². The third-order valence-electron chi connectivity index (χ3n) is 4.40. The number of H-pyrrole nitrogens is 1. The van der Waals surface area contributed by atoms with Crippen molar-refractivity contribution in [2.45, 2.75) is 6.92 Å². The maximum Gasteiger partial charge on any atom is 0.281 e. The van der Waals surface area contributed by atoms with Crippen LogP contribution in [0.25, 0.3) is 16.9 Å². The van der Waals surface area contributed by atoms with Gasteiger partial charge >= 0.3 is 0 Å². The molecule has 0 saturated heterocycles. The van der Waals surface area contributed by atoms with Gasteiger partial charge in [0, 0.05) is 5.56 Å². The normalized spacial score (nSPS) is 11.4. The van der Waals surface area contributed by atoms with E-state index in [0.717, 1.165) is 11.3 Å². The van der Waals surface area contributed by atoms with Crippen molar-refractivity contribution in [3.63, 3.8) is 0 Å². The Bertz CT molecular complexity index is 1210. The first-order valence-electron chi connectivity index (χ1n) is 8.99. The number of aromatic amines is 1. The Labute approximate surface area is 171 Å². The average Bonchev–Trinajstić information content (AvgIpc) is 3.41. The summed E-state index contributed by atoms with van der Waals surface area (Å²) in [7, 11) is 0. The molecule has 0 bridgehead atoms. The zero-order valence-electron chi connectivity index (χ0n) is 15.6. The van der Waals surface area contributed by atoms with Gasteiger partial charge in [0.05, 0.1) is 27.5 Å². The van der Waals surface area contributed by atoms with Crippen molar-refractivity contribution in [2.24, 2.45) is 5.10 Å². The van der Waals surface area contributed by atoms with Crippen LogP contribution >= 0.6 is 11.3 Å². The molecule has 2 heterocycles. The summed E-state index contributed by atoms with van der Waals surface area (Å²) in [6, 6.07) is 22.4. The minimum atomic E-state index is -0.306. The van der Waals surface area contributed by atoms with Gasteiger partial charge in [-0.2, -0.15) is 5.10 Å². The van der Waals surface area contributed by atoms with Crippen LogP contribution in [0.2, 0.25) is 0 Å². The second-order valence-corrected chi connectivity index (χ2v) is 7.27. The molecule has 0 spiro atoms. The number of hydrogen-bond acceptors (Lipinski definition) is 4. The van der Waals surface area contributed by atoms with E-state index in [4.69, 9.17) is 0 Å². The third kappa shape index (κ3) is 3.81. The number of nitrogens with one attached hydrogen (secondary N) is 2. The van der Waals surface area contributed by atoms with E-state index in [1.54, 1.807) is 19.1 Å². The fourth-order valence-corrected chi connectivity index (χ4v) is 3.61. The van der Waals surface area contributed by atoms with Crippen LogP contribution in [0.15, 0.2) is 88.1 Å². The molecule has 0 radical (unpaired) electrons. The first kappa shape index (κ1) is 18.6. The second-order valence-electron chi connectivity index (χ2n) is 6.32. The van der Waals surface area contributed by atoms with Crippen molar-refractivity contribution in [3.05, 3.63) is 99.0 Å². The van der Waals surface area contributed by atoms with Crippen LogP contribution in [0.1, 0.15) is 22.2 Å². The SMILES string of the molecule is CC(=NNC(=O)c1cccs1)c1c(-c2ccccc2)[nH]n(-c2ccccc2)c1=O. The molecule has 2 aromatic carbocycles. The van der Waals surface area contributed by atoms with Gasteiger partial charge in [0.15, 0.2) is 0 Å². The summed E-state index contributed by atoms with van der Waals surface area (Å²) >= 11 is 1.33. The second kappa shape index (κ2) is 8.12. The minimum Gasteiger partial charge on any atom is -0.290 e. The summed E-state index contributed by atoms with van der Waals surface area (Å²) in [6.45, 7) is 1.71. The van der Waals surface area contributed by atoms with Crippen LogP contribution < -0.4 is 11.0 Å². The molecule has 29 heavy (non-hydrogen) atoms. The maximum atomic E-state index is 13.2. The van der Waals surface area contributed by atoms with Gasteiger partial charge in [-0.05, 0) is 30.5 Å². The first-order chi connectivity index (χ1) is 14.1. The molecule has 144 valence electrons. The zero-order chi connectivity index (χ0) is 20.2. The highest BCUT2D eigenvalue weighted by atomic mass is 32.1. The Kier molecular flexibility index (Phi) is 5.22. The molecule has 1 amide bonds. The van der Waals surface area contributed by atoms with Crippen LogP contribution in [0.4, 0.5) is 0 Å². The molecule has 4 rings (SSSR count). The van der Waals surface area contributed by atoms with Crippen molar-refractivity contribution >= 4 is 23.0 Å². The van der Waals surface area contributed by atoms with E-state index in [2.05, 4.69) is 15.6 Å². The summed E-state index contributed by atoms with van der Waals surface area (Å²) in [5, 5.41) is 9.21. The smallest absolute Gasteiger partial charge is 0.281 e. The maximum absolute atomic E-state index is 13.2. The van der Waals surface area contributed by atoms with Crippen LogP contribution in [0, 0.1) is 0 Å². The third-order valence-corrected chi connectivity index (χ3v) is 5.27. The van der Waals surface area contributed by atoms with Gasteiger partial charge in [0.2, 0.25) is 0 Å². The molecule has 0 atom stereocenters. The van der Waals surface area contributed by atoms with E-state index in [1.807, 2.05) is 66.0 Å². The lowest BCUT2D eigenvalue weighted by Crippen LogP contribution is -2.23. The van der Waals surface area contributed by atoms with Crippen molar-refractivity contribution < 1.29 is 4.79 Å². The molecule has 2 aromatic heterocycles. The fourth-order valence-electron chi connectivity index (χ4n) is 3.00. The van der Waals surface area contributed by atoms with Crippen LogP contribution in [-0.2, 0) is 0 Å². The summed E-state index contributed by atoms with van der Waals surface area (Å²) in [4.78, 5) is 26.0. The molecular formula is C22H18N4O2S. The van der Waals surface area contributed by atoms with E-state index in [9.17, 15) is 9.59 Å². The summed E-state index contributed by atoms with van der Waals surface area (Å²) in [5.41, 5.74) is 5.35. The number of amides is 1. The van der Waals surface area contributed by atoms with Crippen LogP contribution in [0.3, 0.4) is 0 Å². The molecule has 6 nitrogen and oxygen atoms in total. The van der Waals surface area contributed by atoms with Gasteiger partial charge in [-0.15, -0.1) is 11.3 Å². The Morgan fingerprint density at radius 3 is 2.34 bits per heavy atom. The predicted molar refractivity (Wildman–Crippen MR) is 116 cm³/mol. The number of nitrogens with zero attached hydrogens (tertiary/aromatic N) is 2. The number of benzene rings is 2. The molecule has 0 saturated carbocycles. The number of aromatic nitrogens is 2. The van der Waals surface area contributed by atoms with Crippen molar-refractivity contribution in [3.8, 4) is 16.9 Å². The monoisotopic (exact) mass is 402 g/mol. The van der Waals surface area contributed by atoms with E-state index in [0.29, 0.717) is 21.8 Å². The standard InChI is InChI=1S/C22H18N4O2S/c1-15(23-24-21(27)18-13-8-14-29-18)19-20(16-9-4-2-5-10-16)25-26(22(19)28)17-11-6-3-7-12-17/h2-14,25H,1H3,(H,24,27). The number of hydrazone groups is 1. The Morgan fingerprint density at radius 1 is 1.00 bits per heavy atom. The number of para-hydroxylation sites is 1. The van der Waals surface area contributed by atoms with E-state index >= 15 is 0 Å². The van der Waals surface area contributed by atoms with Gasteiger partial charge in [0.25, 0.3) is 11.5 Å². The number of carbonyl (C=O) groups excluding carboxylic acids is 1. The molecule has 0 aliphatic carbocycles. The van der Waals surface area contributed by atoms with Crippen LogP contribution in [0.5, 0.6) is 0 Å². The largest absolute Gasteiger partial charge is 0.290 e. The minimum absolute atomic E-state index is 0.235. The quantitative estimate of drug-likeness (QED) is 0.390. The molecular weight excluding hydrogens is 384 g/mol. The molecule has 0 aliphatic heterocycles. The average molecular weight is 402 g/mol. The van der Waals surface area contributed by atoms with E-state index < -0.39 is 0 Å². The Balaban J connectivity index is 1.78. The Hall–Kier alpha value is -3.71. The van der Waals surface area contributed by atoms with Gasteiger partial charge in [0.1, 0.15) is 0 Å². The summed E-state index contributed by atoms with van der Waals surface area (Å²) in [5.74, 6) is -0.306. The molecule has 4 aromatic rings. The van der Waals surface area contributed by atoms with E-state index in [1.165, 1.54) is 16.0 Å². The summed E-state index contributed by atoms with van der Waals surface area (Å²) in [6.07, 6.45) is 0. The highest BCUT2D eigenvalue weighted by molar-refractivity contribution is 7.12.